The zero-order chi connectivity index (χ0) is 14.1. The van der Waals surface area contributed by atoms with Crippen molar-refractivity contribution in [3.8, 4) is 5.75 Å². The van der Waals surface area contributed by atoms with Crippen molar-refractivity contribution in [3.63, 3.8) is 0 Å². The second kappa shape index (κ2) is 5.29. The zero-order valence-electron chi connectivity index (χ0n) is 12.0. The zero-order valence-corrected chi connectivity index (χ0v) is 12.0. The fourth-order valence-corrected chi connectivity index (χ4v) is 2.85. The topological polar surface area (TPSA) is 29.5 Å². The van der Waals surface area contributed by atoms with Crippen LogP contribution in [0.5, 0.6) is 5.75 Å². The SMILES string of the molecule is Cc1ccc(C)c(C(O)c2cccc3c2OCCC3)c1. The Morgan fingerprint density at radius 2 is 1.95 bits per heavy atom. The number of fused-ring (bicyclic) bond motifs is 1. The lowest BCUT2D eigenvalue weighted by molar-refractivity contribution is 0.206. The van der Waals surface area contributed by atoms with E-state index in [0.717, 1.165) is 47.5 Å². The van der Waals surface area contributed by atoms with Gasteiger partial charge >= 0.3 is 0 Å². The van der Waals surface area contributed by atoms with Gasteiger partial charge in [-0.15, -0.1) is 0 Å². The van der Waals surface area contributed by atoms with Gasteiger partial charge in [0.05, 0.1) is 6.61 Å². The predicted molar refractivity (Wildman–Crippen MR) is 80.2 cm³/mol. The van der Waals surface area contributed by atoms with Crippen LogP contribution in [0.4, 0.5) is 0 Å². The molecule has 2 aromatic carbocycles. The van der Waals surface area contributed by atoms with Crippen LogP contribution in [0.1, 0.15) is 40.3 Å². The molecule has 0 amide bonds. The van der Waals surface area contributed by atoms with Gasteiger partial charge in [-0.05, 0) is 43.4 Å². The monoisotopic (exact) mass is 268 g/mol. The summed E-state index contributed by atoms with van der Waals surface area (Å²) in [5.74, 6) is 0.882. The quantitative estimate of drug-likeness (QED) is 0.899. The fourth-order valence-electron chi connectivity index (χ4n) is 2.85. The number of rotatable bonds is 2. The van der Waals surface area contributed by atoms with Crippen LogP contribution in [-0.4, -0.2) is 11.7 Å². The molecule has 104 valence electrons. The molecule has 1 N–H and O–H groups in total. The number of benzene rings is 2. The first-order valence-electron chi connectivity index (χ1n) is 7.16. The van der Waals surface area contributed by atoms with Crippen LogP contribution < -0.4 is 4.74 Å². The minimum atomic E-state index is -0.622. The van der Waals surface area contributed by atoms with Crippen LogP contribution in [0.25, 0.3) is 0 Å². The van der Waals surface area contributed by atoms with Crippen LogP contribution >= 0.6 is 0 Å². The number of aryl methyl sites for hydroxylation is 3. The molecule has 0 aromatic heterocycles. The van der Waals surface area contributed by atoms with Crippen LogP contribution in [0, 0.1) is 13.8 Å². The van der Waals surface area contributed by atoms with Gasteiger partial charge < -0.3 is 9.84 Å². The maximum atomic E-state index is 10.8. The van der Waals surface area contributed by atoms with E-state index in [9.17, 15) is 5.11 Å². The van der Waals surface area contributed by atoms with E-state index >= 15 is 0 Å². The third-order valence-corrected chi connectivity index (χ3v) is 3.99. The first kappa shape index (κ1) is 13.2. The Morgan fingerprint density at radius 1 is 1.10 bits per heavy atom. The Morgan fingerprint density at radius 3 is 2.80 bits per heavy atom. The normalized spacial score (nSPS) is 15.3. The summed E-state index contributed by atoms with van der Waals surface area (Å²) in [6.45, 7) is 4.82. The summed E-state index contributed by atoms with van der Waals surface area (Å²) in [4.78, 5) is 0. The minimum Gasteiger partial charge on any atom is -0.493 e. The van der Waals surface area contributed by atoms with Gasteiger partial charge in [0.2, 0.25) is 0 Å². The summed E-state index contributed by atoms with van der Waals surface area (Å²) in [5, 5.41) is 10.8. The number of para-hydroxylation sites is 1. The average molecular weight is 268 g/mol. The fraction of sp³-hybridized carbons (Fsp3) is 0.333. The van der Waals surface area contributed by atoms with E-state index in [0.29, 0.717) is 0 Å². The van der Waals surface area contributed by atoms with Gasteiger partial charge in [0.15, 0.2) is 0 Å². The molecule has 1 atom stereocenters. The standard InChI is InChI=1S/C18H20O2/c1-12-8-9-13(2)16(11-12)17(19)15-7-3-5-14-6-4-10-20-18(14)15/h3,5,7-9,11,17,19H,4,6,10H2,1-2H3. The minimum absolute atomic E-state index is 0.622. The van der Waals surface area contributed by atoms with Crippen LogP contribution in [0.3, 0.4) is 0 Å². The van der Waals surface area contributed by atoms with E-state index in [2.05, 4.69) is 24.3 Å². The molecule has 0 radical (unpaired) electrons. The average Bonchev–Trinajstić information content (AvgIpc) is 2.48. The molecule has 0 bridgehead atoms. The molecule has 1 aliphatic rings. The van der Waals surface area contributed by atoms with E-state index in [1.54, 1.807) is 0 Å². The van der Waals surface area contributed by atoms with Gasteiger partial charge in [-0.1, -0.05) is 42.0 Å². The molecule has 1 aliphatic heterocycles. The van der Waals surface area contributed by atoms with E-state index in [4.69, 9.17) is 4.74 Å². The molecule has 0 aliphatic carbocycles. The lowest BCUT2D eigenvalue weighted by Gasteiger charge is -2.23. The van der Waals surface area contributed by atoms with Crippen molar-refractivity contribution < 1.29 is 9.84 Å². The summed E-state index contributed by atoms with van der Waals surface area (Å²) in [6, 6.07) is 12.3. The summed E-state index contributed by atoms with van der Waals surface area (Å²) in [7, 11) is 0. The molecule has 0 saturated heterocycles. The lowest BCUT2D eigenvalue weighted by Crippen LogP contribution is -2.13. The molecule has 2 aromatic rings. The van der Waals surface area contributed by atoms with Gasteiger partial charge in [0.1, 0.15) is 11.9 Å². The van der Waals surface area contributed by atoms with Gasteiger partial charge in [-0.25, -0.2) is 0 Å². The molecule has 2 nitrogen and oxygen atoms in total. The third-order valence-electron chi connectivity index (χ3n) is 3.99. The Hall–Kier alpha value is -1.80. The van der Waals surface area contributed by atoms with Gasteiger partial charge in [-0.3, -0.25) is 0 Å². The lowest BCUT2D eigenvalue weighted by atomic mass is 9.92. The smallest absolute Gasteiger partial charge is 0.128 e. The molecule has 1 unspecified atom stereocenters. The molecular formula is C18H20O2. The second-order valence-corrected chi connectivity index (χ2v) is 5.55. The molecule has 0 fully saturated rings. The van der Waals surface area contributed by atoms with Crippen molar-refractivity contribution in [3.05, 3.63) is 64.2 Å². The number of hydrogen-bond donors (Lipinski definition) is 1. The highest BCUT2D eigenvalue weighted by molar-refractivity contribution is 5.48. The first-order chi connectivity index (χ1) is 9.66. The second-order valence-electron chi connectivity index (χ2n) is 5.55. The van der Waals surface area contributed by atoms with E-state index in [-0.39, 0.29) is 0 Å². The van der Waals surface area contributed by atoms with Crippen LogP contribution in [-0.2, 0) is 6.42 Å². The number of aliphatic hydroxyl groups excluding tert-OH is 1. The van der Waals surface area contributed by atoms with Gasteiger partial charge in [-0.2, -0.15) is 0 Å². The van der Waals surface area contributed by atoms with Crippen LogP contribution in [0.15, 0.2) is 36.4 Å². The van der Waals surface area contributed by atoms with Gasteiger partial charge in [0.25, 0.3) is 0 Å². The summed E-state index contributed by atoms with van der Waals surface area (Å²) >= 11 is 0. The Kier molecular flexibility index (Phi) is 3.49. The number of ether oxygens (including phenoxy) is 1. The van der Waals surface area contributed by atoms with Crippen molar-refractivity contribution in [2.75, 3.05) is 6.61 Å². The molecule has 3 rings (SSSR count). The Balaban J connectivity index is 2.06. The number of hydrogen-bond acceptors (Lipinski definition) is 2. The van der Waals surface area contributed by atoms with Crippen molar-refractivity contribution in [2.24, 2.45) is 0 Å². The molecule has 2 heteroatoms. The van der Waals surface area contributed by atoms with E-state index < -0.39 is 6.10 Å². The summed E-state index contributed by atoms with van der Waals surface area (Å²) in [6.07, 6.45) is 1.46. The highest BCUT2D eigenvalue weighted by Gasteiger charge is 2.21. The maximum Gasteiger partial charge on any atom is 0.128 e. The third kappa shape index (κ3) is 2.32. The molecule has 0 spiro atoms. The molecule has 1 heterocycles. The largest absolute Gasteiger partial charge is 0.493 e. The molecule has 0 saturated carbocycles. The summed E-state index contributed by atoms with van der Waals surface area (Å²) in [5.41, 5.74) is 5.33. The van der Waals surface area contributed by atoms with Crippen molar-refractivity contribution in [2.45, 2.75) is 32.8 Å². The highest BCUT2D eigenvalue weighted by Crippen LogP contribution is 2.36. The first-order valence-corrected chi connectivity index (χ1v) is 7.16. The van der Waals surface area contributed by atoms with E-state index in [1.807, 2.05) is 26.0 Å². The van der Waals surface area contributed by atoms with Crippen LogP contribution in [0.2, 0.25) is 0 Å². The Labute approximate surface area is 120 Å². The maximum absolute atomic E-state index is 10.8. The van der Waals surface area contributed by atoms with Crippen molar-refractivity contribution >= 4 is 0 Å². The molecule has 20 heavy (non-hydrogen) atoms. The summed E-state index contributed by atoms with van der Waals surface area (Å²) < 4.78 is 5.81. The van der Waals surface area contributed by atoms with Crippen molar-refractivity contribution in [1.82, 2.24) is 0 Å². The Bertz CT molecular complexity index is 631. The predicted octanol–water partition coefficient (Wildman–Crippen LogP) is 3.71. The van der Waals surface area contributed by atoms with Crippen molar-refractivity contribution in [1.29, 1.82) is 0 Å². The molecular weight excluding hydrogens is 248 g/mol. The number of aliphatic hydroxyl groups is 1. The van der Waals surface area contributed by atoms with Gasteiger partial charge in [0, 0.05) is 5.56 Å². The highest BCUT2D eigenvalue weighted by atomic mass is 16.5. The van der Waals surface area contributed by atoms with E-state index in [1.165, 1.54) is 5.56 Å².